The van der Waals surface area contributed by atoms with Crippen molar-refractivity contribution in [2.45, 2.75) is 33.2 Å². The molecule has 0 aliphatic rings. The van der Waals surface area contributed by atoms with Crippen LogP contribution in [0.25, 0.3) is 0 Å². The van der Waals surface area contributed by atoms with Gasteiger partial charge in [0.2, 0.25) is 5.91 Å². The van der Waals surface area contributed by atoms with Crippen LogP contribution in [0.1, 0.15) is 23.6 Å². The zero-order valence-corrected chi connectivity index (χ0v) is 14.8. The molecule has 2 aromatic carbocycles. The molecule has 0 radical (unpaired) electrons. The van der Waals surface area contributed by atoms with E-state index in [1.165, 1.54) is 5.56 Å². The Hall–Kier alpha value is -2.49. The molecule has 0 heterocycles. The van der Waals surface area contributed by atoms with Gasteiger partial charge in [-0.15, -0.1) is 0 Å². The minimum Gasteiger partial charge on any atom is -0.496 e. The molecule has 0 aromatic heterocycles. The summed E-state index contributed by atoms with van der Waals surface area (Å²) in [6.45, 7) is 6.38. The van der Waals surface area contributed by atoms with Gasteiger partial charge < -0.3 is 14.8 Å². The summed E-state index contributed by atoms with van der Waals surface area (Å²) in [7, 11) is 1.64. The lowest BCUT2D eigenvalue weighted by molar-refractivity contribution is -0.121. The molecule has 24 heavy (non-hydrogen) atoms. The van der Waals surface area contributed by atoms with Crippen LogP contribution in [0, 0.1) is 13.8 Å². The topological polar surface area (TPSA) is 47.6 Å². The second-order valence-corrected chi connectivity index (χ2v) is 6.07. The number of amides is 1. The second kappa shape index (κ2) is 8.39. The number of benzene rings is 2. The van der Waals surface area contributed by atoms with Crippen LogP contribution >= 0.6 is 0 Å². The number of carbonyl (C=O) groups is 1. The third kappa shape index (κ3) is 5.30. The van der Waals surface area contributed by atoms with Crippen LogP contribution < -0.4 is 14.8 Å². The molecule has 2 rings (SSSR count). The summed E-state index contributed by atoms with van der Waals surface area (Å²) < 4.78 is 10.9. The predicted octanol–water partition coefficient (Wildman–Crippen LogP) is 3.44. The van der Waals surface area contributed by atoms with Gasteiger partial charge in [-0.05, 0) is 50.1 Å². The SMILES string of the molecule is COc1ccc(CC(=O)NC(C)COc2ccc(C)cc2)cc1C. The highest BCUT2D eigenvalue weighted by Crippen LogP contribution is 2.18. The zero-order chi connectivity index (χ0) is 17.5. The van der Waals surface area contributed by atoms with Gasteiger partial charge in [0.25, 0.3) is 0 Å². The summed E-state index contributed by atoms with van der Waals surface area (Å²) in [5, 5.41) is 2.96. The maximum atomic E-state index is 12.1. The number of methoxy groups -OCH3 is 1. The van der Waals surface area contributed by atoms with E-state index in [9.17, 15) is 4.79 Å². The third-order valence-corrected chi connectivity index (χ3v) is 3.75. The van der Waals surface area contributed by atoms with Gasteiger partial charge in [0.05, 0.1) is 19.6 Å². The van der Waals surface area contributed by atoms with Gasteiger partial charge in [-0.25, -0.2) is 0 Å². The second-order valence-electron chi connectivity index (χ2n) is 6.07. The van der Waals surface area contributed by atoms with Crippen molar-refractivity contribution in [3.8, 4) is 11.5 Å². The predicted molar refractivity (Wildman–Crippen MR) is 95.7 cm³/mol. The number of hydrogen-bond donors (Lipinski definition) is 1. The Bertz CT molecular complexity index is 680. The average Bonchev–Trinajstić information content (AvgIpc) is 2.54. The molecule has 2 aromatic rings. The standard InChI is InChI=1S/C20H25NO3/c1-14-5-8-18(9-6-14)24-13-16(3)21-20(22)12-17-7-10-19(23-4)15(2)11-17/h5-11,16H,12-13H2,1-4H3,(H,21,22). The lowest BCUT2D eigenvalue weighted by Crippen LogP contribution is -2.37. The number of rotatable bonds is 7. The molecule has 1 unspecified atom stereocenters. The first kappa shape index (κ1) is 17.9. The molecule has 1 atom stereocenters. The van der Waals surface area contributed by atoms with E-state index in [1.807, 2.05) is 63.2 Å². The fraction of sp³-hybridized carbons (Fsp3) is 0.350. The van der Waals surface area contributed by atoms with Gasteiger partial charge in [-0.2, -0.15) is 0 Å². The quantitative estimate of drug-likeness (QED) is 0.847. The van der Waals surface area contributed by atoms with Crippen molar-refractivity contribution in [1.82, 2.24) is 5.32 Å². The van der Waals surface area contributed by atoms with E-state index in [4.69, 9.17) is 9.47 Å². The molecule has 0 saturated heterocycles. The average molecular weight is 327 g/mol. The van der Waals surface area contributed by atoms with E-state index in [-0.39, 0.29) is 11.9 Å². The van der Waals surface area contributed by atoms with Crippen molar-refractivity contribution >= 4 is 5.91 Å². The molecule has 1 N–H and O–H groups in total. The molecule has 0 spiro atoms. The molecule has 4 heteroatoms. The lowest BCUT2D eigenvalue weighted by Gasteiger charge is -2.15. The first-order valence-electron chi connectivity index (χ1n) is 8.10. The summed E-state index contributed by atoms with van der Waals surface area (Å²) in [5.74, 6) is 1.63. The van der Waals surface area contributed by atoms with Crippen molar-refractivity contribution in [3.05, 3.63) is 59.2 Å². The Morgan fingerprint density at radius 1 is 1.12 bits per heavy atom. The number of carbonyl (C=O) groups excluding carboxylic acids is 1. The number of ether oxygens (including phenoxy) is 2. The summed E-state index contributed by atoms with van der Waals surface area (Å²) in [4.78, 5) is 12.1. The number of nitrogens with one attached hydrogen (secondary N) is 1. The van der Waals surface area contributed by atoms with Crippen molar-refractivity contribution in [3.63, 3.8) is 0 Å². The van der Waals surface area contributed by atoms with E-state index in [1.54, 1.807) is 7.11 Å². The van der Waals surface area contributed by atoms with Crippen molar-refractivity contribution in [2.75, 3.05) is 13.7 Å². The highest BCUT2D eigenvalue weighted by molar-refractivity contribution is 5.79. The minimum absolute atomic E-state index is 0.0143. The normalized spacial score (nSPS) is 11.7. The van der Waals surface area contributed by atoms with E-state index >= 15 is 0 Å². The highest BCUT2D eigenvalue weighted by atomic mass is 16.5. The molecule has 0 bridgehead atoms. The first-order valence-corrected chi connectivity index (χ1v) is 8.10. The number of hydrogen-bond acceptors (Lipinski definition) is 3. The van der Waals surface area contributed by atoms with Crippen LogP contribution in [-0.2, 0) is 11.2 Å². The minimum atomic E-state index is -0.0573. The van der Waals surface area contributed by atoms with Crippen molar-refractivity contribution < 1.29 is 14.3 Å². The molecule has 128 valence electrons. The Labute approximate surface area is 143 Å². The van der Waals surface area contributed by atoms with Crippen LogP contribution in [0.15, 0.2) is 42.5 Å². The van der Waals surface area contributed by atoms with Gasteiger partial charge in [0.15, 0.2) is 0 Å². The molecule has 4 nitrogen and oxygen atoms in total. The Balaban J connectivity index is 1.80. The lowest BCUT2D eigenvalue weighted by atomic mass is 10.1. The monoisotopic (exact) mass is 327 g/mol. The summed E-state index contributed by atoms with van der Waals surface area (Å²) in [6.07, 6.45) is 0.347. The van der Waals surface area contributed by atoms with E-state index < -0.39 is 0 Å². The van der Waals surface area contributed by atoms with E-state index in [2.05, 4.69) is 5.32 Å². The molecule has 0 saturated carbocycles. The Morgan fingerprint density at radius 3 is 2.46 bits per heavy atom. The van der Waals surface area contributed by atoms with Crippen LogP contribution in [-0.4, -0.2) is 25.7 Å². The van der Waals surface area contributed by atoms with Crippen molar-refractivity contribution in [1.29, 1.82) is 0 Å². The molecule has 0 aliphatic carbocycles. The summed E-state index contributed by atoms with van der Waals surface area (Å²) >= 11 is 0. The van der Waals surface area contributed by atoms with Gasteiger partial charge in [0, 0.05) is 0 Å². The number of aryl methyl sites for hydroxylation is 2. The first-order chi connectivity index (χ1) is 11.5. The fourth-order valence-corrected chi connectivity index (χ4v) is 2.46. The summed E-state index contributed by atoms with van der Waals surface area (Å²) in [5.41, 5.74) is 3.19. The summed E-state index contributed by atoms with van der Waals surface area (Å²) in [6, 6.07) is 13.6. The van der Waals surface area contributed by atoms with Crippen LogP contribution in [0.5, 0.6) is 11.5 Å². The van der Waals surface area contributed by atoms with Gasteiger partial charge in [-0.1, -0.05) is 29.8 Å². The maximum absolute atomic E-state index is 12.1. The zero-order valence-electron chi connectivity index (χ0n) is 14.8. The molecular formula is C20H25NO3. The Morgan fingerprint density at radius 2 is 1.83 bits per heavy atom. The maximum Gasteiger partial charge on any atom is 0.224 e. The van der Waals surface area contributed by atoms with Crippen LogP contribution in [0.2, 0.25) is 0 Å². The molecule has 0 fully saturated rings. The van der Waals surface area contributed by atoms with Gasteiger partial charge >= 0.3 is 0 Å². The smallest absolute Gasteiger partial charge is 0.224 e. The largest absolute Gasteiger partial charge is 0.496 e. The van der Waals surface area contributed by atoms with E-state index in [0.717, 1.165) is 22.6 Å². The van der Waals surface area contributed by atoms with E-state index in [0.29, 0.717) is 13.0 Å². The van der Waals surface area contributed by atoms with Gasteiger partial charge in [-0.3, -0.25) is 4.79 Å². The van der Waals surface area contributed by atoms with Crippen LogP contribution in [0.4, 0.5) is 0 Å². The van der Waals surface area contributed by atoms with Crippen molar-refractivity contribution in [2.24, 2.45) is 0 Å². The Kier molecular flexibility index (Phi) is 6.24. The molecule has 1 amide bonds. The highest BCUT2D eigenvalue weighted by Gasteiger charge is 2.10. The molecular weight excluding hydrogens is 302 g/mol. The fourth-order valence-electron chi connectivity index (χ4n) is 2.46. The van der Waals surface area contributed by atoms with Crippen LogP contribution in [0.3, 0.4) is 0 Å². The molecule has 0 aliphatic heterocycles. The van der Waals surface area contributed by atoms with Gasteiger partial charge in [0.1, 0.15) is 18.1 Å². The third-order valence-electron chi connectivity index (χ3n) is 3.75.